The lowest BCUT2D eigenvalue weighted by molar-refractivity contribution is -0.117. The average molecular weight is 245 g/mol. The number of nitrogens with zero attached hydrogens (tertiary/aromatic N) is 1. The van der Waals surface area contributed by atoms with Crippen LogP contribution in [0.5, 0.6) is 0 Å². The van der Waals surface area contributed by atoms with Crippen molar-refractivity contribution in [2.45, 2.75) is 19.4 Å². The Kier molecular flexibility index (Phi) is 5.07. The first-order valence-electron chi connectivity index (χ1n) is 4.61. The third-order valence-electron chi connectivity index (χ3n) is 1.82. The summed E-state index contributed by atoms with van der Waals surface area (Å²) in [6.45, 7) is 1.95. The molecule has 0 radical (unpaired) electrons. The molecular formula is C9H15N3OS2. The maximum Gasteiger partial charge on any atom is 0.243 e. The van der Waals surface area contributed by atoms with Crippen LogP contribution < -0.4 is 11.1 Å². The number of anilines is 1. The van der Waals surface area contributed by atoms with E-state index >= 15 is 0 Å². The van der Waals surface area contributed by atoms with Gasteiger partial charge in [-0.1, -0.05) is 0 Å². The molecule has 0 aliphatic carbocycles. The van der Waals surface area contributed by atoms with Crippen LogP contribution >= 0.6 is 23.1 Å². The van der Waals surface area contributed by atoms with Crippen LogP contribution in [-0.4, -0.2) is 28.9 Å². The van der Waals surface area contributed by atoms with Gasteiger partial charge in [0.15, 0.2) is 5.13 Å². The molecule has 3 N–H and O–H groups in total. The second kappa shape index (κ2) is 6.09. The number of aryl methyl sites for hydroxylation is 1. The topological polar surface area (TPSA) is 68.0 Å². The summed E-state index contributed by atoms with van der Waals surface area (Å²) >= 11 is 3.14. The van der Waals surface area contributed by atoms with E-state index in [4.69, 9.17) is 5.73 Å². The van der Waals surface area contributed by atoms with Crippen LogP contribution in [-0.2, 0) is 4.79 Å². The summed E-state index contributed by atoms with van der Waals surface area (Å²) in [6, 6.07) is -0.443. The SMILES string of the molecule is CSCC[C@H](N)C(=O)Nc1ncc(C)s1. The highest BCUT2D eigenvalue weighted by Gasteiger charge is 2.14. The van der Waals surface area contributed by atoms with Gasteiger partial charge in [0, 0.05) is 11.1 Å². The monoisotopic (exact) mass is 245 g/mol. The normalized spacial score (nSPS) is 12.5. The quantitative estimate of drug-likeness (QED) is 0.824. The van der Waals surface area contributed by atoms with Gasteiger partial charge in [-0.25, -0.2) is 4.98 Å². The van der Waals surface area contributed by atoms with Gasteiger partial charge in [0.05, 0.1) is 6.04 Å². The molecule has 15 heavy (non-hydrogen) atoms. The summed E-state index contributed by atoms with van der Waals surface area (Å²) in [7, 11) is 0. The van der Waals surface area contributed by atoms with Crippen LogP contribution in [0.2, 0.25) is 0 Å². The predicted molar refractivity (Wildman–Crippen MR) is 66.5 cm³/mol. The Morgan fingerprint density at radius 2 is 2.53 bits per heavy atom. The smallest absolute Gasteiger partial charge is 0.243 e. The molecule has 0 unspecified atom stereocenters. The van der Waals surface area contributed by atoms with E-state index in [-0.39, 0.29) is 5.91 Å². The number of nitrogens with one attached hydrogen (secondary N) is 1. The Morgan fingerprint density at radius 3 is 3.07 bits per heavy atom. The minimum Gasteiger partial charge on any atom is -0.320 e. The number of hydrogen-bond acceptors (Lipinski definition) is 5. The summed E-state index contributed by atoms with van der Waals surface area (Å²) in [5, 5.41) is 3.33. The molecule has 1 aromatic heterocycles. The van der Waals surface area contributed by atoms with Crippen molar-refractivity contribution in [1.82, 2.24) is 4.98 Å². The second-order valence-corrected chi connectivity index (χ2v) is 5.37. The summed E-state index contributed by atoms with van der Waals surface area (Å²) in [4.78, 5) is 16.7. The van der Waals surface area contributed by atoms with E-state index in [9.17, 15) is 4.79 Å². The number of carbonyl (C=O) groups is 1. The first-order valence-corrected chi connectivity index (χ1v) is 6.82. The molecule has 1 heterocycles. The number of aromatic nitrogens is 1. The molecule has 0 bridgehead atoms. The van der Waals surface area contributed by atoms with E-state index in [2.05, 4.69) is 10.3 Å². The minimum absolute atomic E-state index is 0.154. The van der Waals surface area contributed by atoms with Crippen LogP contribution in [0.25, 0.3) is 0 Å². The molecule has 0 spiro atoms. The van der Waals surface area contributed by atoms with Crippen molar-refractivity contribution in [3.8, 4) is 0 Å². The van der Waals surface area contributed by atoms with Gasteiger partial charge < -0.3 is 11.1 Å². The Morgan fingerprint density at radius 1 is 1.80 bits per heavy atom. The molecule has 0 aliphatic rings. The first kappa shape index (κ1) is 12.5. The van der Waals surface area contributed by atoms with Crippen LogP contribution in [0, 0.1) is 6.92 Å². The molecule has 6 heteroatoms. The van der Waals surface area contributed by atoms with Gasteiger partial charge in [-0.15, -0.1) is 11.3 Å². The summed E-state index contributed by atoms with van der Waals surface area (Å²) in [5.74, 6) is 0.740. The standard InChI is InChI=1S/C9H15N3OS2/c1-6-5-11-9(15-6)12-8(13)7(10)3-4-14-2/h5,7H,3-4,10H2,1-2H3,(H,11,12,13)/t7-/m0/s1. The number of hydrogen-bond donors (Lipinski definition) is 2. The lowest BCUT2D eigenvalue weighted by Crippen LogP contribution is -2.36. The van der Waals surface area contributed by atoms with Gasteiger partial charge >= 0.3 is 0 Å². The number of amides is 1. The van der Waals surface area contributed by atoms with Crippen molar-refractivity contribution in [3.05, 3.63) is 11.1 Å². The molecule has 0 fully saturated rings. The zero-order valence-electron chi connectivity index (χ0n) is 8.82. The van der Waals surface area contributed by atoms with Gasteiger partial charge in [0.25, 0.3) is 0 Å². The molecule has 4 nitrogen and oxygen atoms in total. The van der Waals surface area contributed by atoms with E-state index < -0.39 is 6.04 Å². The lowest BCUT2D eigenvalue weighted by atomic mass is 10.2. The molecule has 84 valence electrons. The zero-order valence-corrected chi connectivity index (χ0v) is 10.5. The maximum absolute atomic E-state index is 11.5. The van der Waals surface area contributed by atoms with Gasteiger partial charge in [-0.2, -0.15) is 11.8 Å². The highest BCUT2D eigenvalue weighted by atomic mass is 32.2. The van der Waals surface area contributed by atoms with Crippen molar-refractivity contribution >= 4 is 34.1 Å². The molecule has 0 aromatic carbocycles. The summed E-state index contributed by atoms with van der Waals surface area (Å²) in [5.41, 5.74) is 5.71. The fourth-order valence-corrected chi connectivity index (χ4v) is 2.14. The fourth-order valence-electron chi connectivity index (χ4n) is 0.987. The molecule has 1 rings (SSSR count). The molecular weight excluding hydrogens is 230 g/mol. The second-order valence-electron chi connectivity index (χ2n) is 3.15. The van der Waals surface area contributed by atoms with Crippen LogP contribution in [0.1, 0.15) is 11.3 Å². The largest absolute Gasteiger partial charge is 0.320 e. The van der Waals surface area contributed by atoms with E-state index in [1.807, 2.05) is 13.2 Å². The van der Waals surface area contributed by atoms with E-state index in [1.54, 1.807) is 18.0 Å². The van der Waals surface area contributed by atoms with E-state index in [1.165, 1.54) is 11.3 Å². The van der Waals surface area contributed by atoms with Gasteiger partial charge in [0.1, 0.15) is 0 Å². The van der Waals surface area contributed by atoms with Crippen molar-refractivity contribution in [3.63, 3.8) is 0 Å². The Labute approximate surface area is 97.7 Å². The highest BCUT2D eigenvalue weighted by molar-refractivity contribution is 7.98. The van der Waals surface area contributed by atoms with Crippen molar-refractivity contribution < 1.29 is 4.79 Å². The molecule has 0 saturated carbocycles. The molecule has 1 atom stereocenters. The molecule has 0 aliphatic heterocycles. The van der Waals surface area contributed by atoms with Crippen molar-refractivity contribution in [1.29, 1.82) is 0 Å². The van der Waals surface area contributed by atoms with Gasteiger partial charge in [-0.3, -0.25) is 4.79 Å². The number of carbonyl (C=O) groups excluding carboxylic acids is 1. The van der Waals surface area contributed by atoms with Crippen molar-refractivity contribution in [2.75, 3.05) is 17.3 Å². The number of thiazole rings is 1. The first-order chi connectivity index (χ1) is 7.13. The minimum atomic E-state index is -0.443. The highest BCUT2D eigenvalue weighted by Crippen LogP contribution is 2.16. The fraction of sp³-hybridized carbons (Fsp3) is 0.556. The van der Waals surface area contributed by atoms with E-state index in [0.29, 0.717) is 11.6 Å². The van der Waals surface area contributed by atoms with Crippen molar-refractivity contribution in [2.24, 2.45) is 5.73 Å². The number of thioether (sulfide) groups is 1. The lowest BCUT2D eigenvalue weighted by Gasteiger charge is -2.09. The predicted octanol–water partition coefficient (Wildman–Crippen LogP) is 1.47. The third kappa shape index (κ3) is 4.19. The van der Waals surface area contributed by atoms with Gasteiger partial charge in [-0.05, 0) is 25.4 Å². The molecule has 1 amide bonds. The Bertz CT molecular complexity index is 327. The maximum atomic E-state index is 11.5. The van der Waals surface area contributed by atoms with Crippen LogP contribution in [0.4, 0.5) is 5.13 Å². The van der Waals surface area contributed by atoms with Gasteiger partial charge in [0.2, 0.25) is 5.91 Å². The Hall–Kier alpha value is -0.590. The zero-order chi connectivity index (χ0) is 11.3. The third-order valence-corrected chi connectivity index (χ3v) is 3.29. The van der Waals surface area contributed by atoms with Crippen LogP contribution in [0.15, 0.2) is 6.20 Å². The molecule has 1 aromatic rings. The number of rotatable bonds is 5. The Balaban J connectivity index is 2.41. The average Bonchev–Trinajstić information content (AvgIpc) is 2.60. The summed E-state index contributed by atoms with van der Waals surface area (Å²) in [6.07, 6.45) is 4.42. The van der Waals surface area contributed by atoms with E-state index in [0.717, 1.165) is 10.6 Å². The summed E-state index contributed by atoms with van der Waals surface area (Å²) < 4.78 is 0. The number of nitrogens with two attached hydrogens (primary N) is 1. The van der Waals surface area contributed by atoms with Crippen LogP contribution in [0.3, 0.4) is 0 Å². The molecule has 0 saturated heterocycles.